The van der Waals surface area contributed by atoms with Crippen molar-refractivity contribution >= 4 is 11.5 Å². The summed E-state index contributed by atoms with van der Waals surface area (Å²) in [4.78, 5) is 6.51. The SMILES string of the molecule is Cc1cnc(N2CCC(C)(O)CC2)c(N)c1. The second-order valence-corrected chi connectivity index (χ2v) is 4.91. The first-order valence-electron chi connectivity index (χ1n) is 5.67. The van der Waals surface area contributed by atoms with Gasteiger partial charge in [0, 0.05) is 19.3 Å². The lowest BCUT2D eigenvalue weighted by Gasteiger charge is -2.36. The predicted octanol–water partition coefficient (Wildman–Crippen LogP) is 1.32. The summed E-state index contributed by atoms with van der Waals surface area (Å²) in [6.45, 7) is 5.49. The Kier molecular flexibility index (Phi) is 2.76. The maximum absolute atomic E-state index is 9.87. The van der Waals surface area contributed by atoms with Gasteiger partial charge in [0.25, 0.3) is 0 Å². The molecular weight excluding hydrogens is 202 g/mol. The Morgan fingerprint density at radius 3 is 2.62 bits per heavy atom. The highest BCUT2D eigenvalue weighted by molar-refractivity contribution is 5.63. The van der Waals surface area contributed by atoms with Crippen LogP contribution in [0.15, 0.2) is 12.3 Å². The van der Waals surface area contributed by atoms with Crippen LogP contribution in [0.25, 0.3) is 0 Å². The van der Waals surface area contributed by atoms with Gasteiger partial charge < -0.3 is 15.7 Å². The number of piperidine rings is 1. The van der Waals surface area contributed by atoms with E-state index in [1.807, 2.05) is 26.1 Å². The predicted molar refractivity (Wildman–Crippen MR) is 65.5 cm³/mol. The number of aryl methyl sites for hydroxylation is 1. The van der Waals surface area contributed by atoms with Crippen LogP contribution in [0, 0.1) is 6.92 Å². The van der Waals surface area contributed by atoms with Gasteiger partial charge in [-0.25, -0.2) is 4.98 Å². The van der Waals surface area contributed by atoms with E-state index >= 15 is 0 Å². The van der Waals surface area contributed by atoms with Crippen LogP contribution in [0.3, 0.4) is 0 Å². The van der Waals surface area contributed by atoms with Crippen LogP contribution in [0.5, 0.6) is 0 Å². The van der Waals surface area contributed by atoms with Crippen LogP contribution in [-0.2, 0) is 0 Å². The van der Waals surface area contributed by atoms with Crippen molar-refractivity contribution < 1.29 is 5.11 Å². The van der Waals surface area contributed by atoms with Crippen LogP contribution in [-0.4, -0.2) is 28.8 Å². The molecule has 1 fully saturated rings. The molecule has 0 spiro atoms. The van der Waals surface area contributed by atoms with E-state index in [0.717, 1.165) is 43.0 Å². The second kappa shape index (κ2) is 3.94. The summed E-state index contributed by atoms with van der Waals surface area (Å²) in [5.41, 5.74) is 7.22. The van der Waals surface area contributed by atoms with E-state index in [-0.39, 0.29) is 0 Å². The Balaban J connectivity index is 2.14. The molecule has 4 nitrogen and oxygen atoms in total. The fourth-order valence-electron chi connectivity index (χ4n) is 2.05. The Morgan fingerprint density at radius 1 is 1.44 bits per heavy atom. The molecule has 2 heterocycles. The number of pyridine rings is 1. The normalized spacial score (nSPS) is 19.8. The van der Waals surface area contributed by atoms with E-state index < -0.39 is 5.60 Å². The molecule has 0 radical (unpaired) electrons. The molecule has 0 aliphatic carbocycles. The maximum atomic E-state index is 9.87. The summed E-state index contributed by atoms with van der Waals surface area (Å²) >= 11 is 0. The van der Waals surface area contributed by atoms with Crippen molar-refractivity contribution in [1.29, 1.82) is 0 Å². The fourth-order valence-corrected chi connectivity index (χ4v) is 2.05. The van der Waals surface area contributed by atoms with Gasteiger partial charge >= 0.3 is 0 Å². The van der Waals surface area contributed by atoms with Crippen molar-refractivity contribution in [3.63, 3.8) is 0 Å². The number of nitrogens with zero attached hydrogens (tertiary/aromatic N) is 2. The molecule has 0 saturated carbocycles. The van der Waals surface area contributed by atoms with Crippen molar-refractivity contribution in [3.05, 3.63) is 17.8 Å². The molecule has 2 rings (SSSR count). The Labute approximate surface area is 96.1 Å². The molecule has 1 aromatic heterocycles. The van der Waals surface area contributed by atoms with E-state index in [0.29, 0.717) is 0 Å². The molecule has 0 atom stereocenters. The van der Waals surface area contributed by atoms with Gasteiger partial charge in [-0.2, -0.15) is 0 Å². The third-order valence-electron chi connectivity index (χ3n) is 3.17. The van der Waals surface area contributed by atoms with Crippen LogP contribution in [0.1, 0.15) is 25.3 Å². The lowest BCUT2D eigenvalue weighted by atomic mass is 9.94. The molecule has 0 bridgehead atoms. The van der Waals surface area contributed by atoms with Crippen LogP contribution >= 0.6 is 0 Å². The van der Waals surface area contributed by atoms with Crippen molar-refractivity contribution in [2.24, 2.45) is 0 Å². The third kappa shape index (κ3) is 2.27. The lowest BCUT2D eigenvalue weighted by Crippen LogP contribution is -2.43. The zero-order valence-electron chi connectivity index (χ0n) is 9.90. The topological polar surface area (TPSA) is 62.4 Å². The Morgan fingerprint density at radius 2 is 2.06 bits per heavy atom. The number of aromatic nitrogens is 1. The number of nitrogens with two attached hydrogens (primary N) is 1. The van der Waals surface area contributed by atoms with Gasteiger partial charge in [0.15, 0.2) is 5.82 Å². The molecule has 0 amide bonds. The van der Waals surface area contributed by atoms with E-state index in [9.17, 15) is 5.11 Å². The van der Waals surface area contributed by atoms with Crippen molar-refractivity contribution in [2.75, 3.05) is 23.7 Å². The summed E-state index contributed by atoms with van der Waals surface area (Å²) in [6.07, 6.45) is 3.36. The zero-order chi connectivity index (χ0) is 11.8. The van der Waals surface area contributed by atoms with Crippen molar-refractivity contribution in [1.82, 2.24) is 4.98 Å². The van der Waals surface area contributed by atoms with E-state index in [1.54, 1.807) is 0 Å². The lowest BCUT2D eigenvalue weighted by molar-refractivity contribution is 0.0350. The molecular formula is C12H19N3O. The Bertz CT molecular complexity index is 380. The minimum Gasteiger partial charge on any atom is -0.396 e. The average Bonchev–Trinajstić information content (AvgIpc) is 2.19. The molecule has 4 heteroatoms. The van der Waals surface area contributed by atoms with Gasteiger partial charge in [-0.15, -0.1) is 0 Å². The molecule has 1 aliphatic rings. The molecule has 3 N–H and O–H groups in total. The molecule has 88 valence electrons. The minimum absolute atomic E-state index is 0.532. The van der Waals surface area contributed by atoms with Crippen LogP contribution in [0.4, 0.5) is 11.5 Å². The summed E-state index contributed by atoms with van der Waals surface area (Å²) in [7, 11) is 0. The van der Waals surface area contributed by atoms with Gasteiger partial charge in [-0.3, -0.25) is 0 Å². The molecule has 16 heavy (non-hydrogen) atoms. The standard InChI is InChI=1S/C12H19N3O/c1-9-7-10(13)11(14-8-9)15-5-3-12(2,16)4-6-15/h7-8,16H,3-6,13H2,1-2H3. The van der Waals surface area contributed by atoms with E-state index in [4.69, 9.17) is 5.73 Å². The quantitative estimate of drug-likeness (QED) is 0.751. The van der Waals surface area contributed by atoms with Gasteiger partial charge in [0.05, 0.1) is 11.3 Å². The minimum atomic E-state index is -0.532. The number of rotatable bonds is 1. The van der Waals surface area contributed by atoms with Gasteiger partial charge in [0.1, 0.15) is 0 Å². The fraction of sp³-hybridized carbons (Fsp3) is 0.583. The summed E-state index contributed by atoms with van der Waals surface area (Å²) < 4.78 is 0. The first-order valence-corrected chi connectivity index (χ1v) is 5.67. The van der Waals surface area contributed by atoms with Crippen molar-refractivity contribution in [2.45, 2.75) is 32.3 Å². The molecule has 1 saturated heterocycles. The summed E-state index contributed by atoms with van der Waals surface area (Å²) in [5.74, 6) is 0.848. The van der Waals surface area contributed by atoms with Crippen LogP contribution in [0.2, 0.25) is 0 Å². The highest BCUT2D eigenvalue weighted by atomic mass is 16.3. The molecule has 1 aromatic rings. The average molecular weight is 221 g/mol. The summed E-state index contributed by atoms with van der Waals surface area (Å²) in [5, 5.41) is 9.87. The molecule has 0 unspecified atom stereocenters. The first kappa shape index (κ1) is 11.2. The maximum Gasteiger partial charge on any atom is 0.151 e. The zero-order valence-corrected chi connectivity index (χ0v) is 9.90. The van der Waals surface area contributed by atoms with E-state index in [1.165, 1.54) is 0 Å². The number of hydrogen-bond acceptors (Lipinski definition) is 4. The first-order chi connectivity index (χ1) is 7.48. The Hall–Kier alpha value is -1.29. The highest BCUT2D eigenvalue weighted by Crippen LogP contribution is 2.28. The third-order valence-corrected chi connectivity index (χ3v) is 3.17. The number of nitrogen functional groups attached to an aromatic ring is 1. The molecule has 0 aromatic carbocycles. The molecule has 1 aliphatic heterocycles. The number of aliphatic hydroxyl groups is 1. The van der Waals surface area contributed by atoms with E-state index in [2.05, 4.69) is 9.88 Å². The van der Waals surface area contributed by atoms with Gasteiger partial charge in [0.2, 0.25) is 0 Å². The number of anilines is 2. The van der Waals surface area contributed by atoms with Crippen LogP contribution < -0.4 is 10.6 Å². The van der Waals surface area contributed by atoms with Gasteiger partial charge in [-0.05, 0) is 38.3 Å². The second-order valence-electron chi connectivity index (χ2n) is 4.91. The smallest absolute Gasteiger partial charge is 0.151 e. The number of hydrogen-bond donors (Lipinski definition) is 2. The van der Waals surface area contributed by atoms with Gasteiger partial charge in [-0.1, -0.05) is 0 Å². The highest BCUT2D eigenvalue weighted by Gasteiger charge is 2.28. The van der Waals surface area contributed by atoms with Crippen molar-refractivity contribution in [3.8, 4) is 0 Å². The monoisotopic (exact) mass is 221 g/mol. The summed E-state index contributed by atoms with van der Waals surface area (Å²) in [6, 6.07) is 1.94. The largest absolute Gasteiger partial charge is 0.396 e.